The van der Waals surface area contributed by atoms with Crippen LogP contribution in [0, 0.1) is 0 Å². The minimum absolute atomic E-state index is 0.139. The maximum Gasteiger partial charge on any atom is 0.257 e. The molecule has 1 saturated heterocycles. The van der Waals surface area contributed by atoms with Crippen molar-refractivity contribution in [3.63, 3.8) is 0 Å². The maximum atomic E-state index is 5.93. The molecule has 4 heterocycles. The van der Waals surface area contributed by atoms with E-state index in [4.69, 9.17) is 9.15 Å². The third kappa shape index (κ3) is 3.57. The van der Waals surface area contributed by atoms with Gasteiger partial charge < -0.3 is 9.15 Å². The van der Waals surface area contributed by atoms with E-state index in [1.807, 2.05) is 17.5 Å². The number of piperazine rings is 1. The van der Waals surface area contributed by atoms with Gasteiger partial charge in [0.05, 0.1) is 17.5 Å². The molecule has 7 heteroatoms. The van der Waals surface area contributed by atoms with Crippen LogP contribution in [0.15, 0.2) is 40.1 Å². The number of fused-ring (bicyclic) bond motifs is 1. The SMILES string of the molecule is CC(c1nnc(-c2cccs2)o1)N1CCN(Cc2ccc3c(c2)CCO3)CC1. The molecule has 1 aromatic carbocycles. The molecule has 0 amide bonds. The minimum Gasteiger partial charge on any atom is -0.493 e. The molecule has 0 radical (unpaired) electrons. The van der Waals surface area contributed by atoms with Crippen LogP contribution in [-0.2, 0) is 13.0 Å². The van der Waals surface area contributed by atoms with Crippen LogP contribution in [0.5, 0.6) is 5.75 Å². The Hall–Kier alpha value is -2.22. The lowest BCUT2D eigenvalue weighted by Gasteiger charge is -2.36. The van der Waals surface area contributed by atoms with Gasteiger partial charge in [0, 0.05) is 39.1 Å². The minimum atomic E-state index is 0.139. The normalized spacial score (nSPS) is 18.8. The highest BCUT2D eigenvalue weighted by atomic mass is 32.1. The number of aromatic nitrogens is 2. The number of thiophene rings is 1. The Kier molecular flexibility index (Phi) is 4.88. The highest BCUT2D eigenvalue weighted by Crippen LogP contribution is 2.28. The first-order valence-corrected chi connectivity index (χ1v) is 10.7. The van der Waals surface area contributed by atoms with Crippen LogP contribution in [0.4, 0.5) is 0 Å². The summed E-state index contributed by atoms with van der Waals surface area (Å²) in [5.41, 5.74) is 2.73. The van der Waals surface area contributed by atoms with Crippen molar-refractivity contribution in [3.05, 3.63) is 52.7 Å². The predicted molar refractivity (Wildman–Crippen MR) is 109 cm³/mol. The molecule has 0 aliphatic carbocycles. The second-order valence-corrected chi connectivity index (χ2v) is 8.40. The van der Waals surface area contributed by atoms with Gasteiger partial charge in [-0.1, -0.05) is 18.2 Å². The molecule has 2 aromatic heterocycles. The van der Waals surface area contributed by atoms with E-state index in [1.54, 1.807) is 11.3 Å². The van der Waals surface area contributed by atoms with Crippen molar-refractivity contribution in [1.29, 1.82) is 0 Å². The molecule has 2 aliphatic rings. The van der Waals surface area contributed by atoms with Crippen molar-refractivity contribution < 1.29 is 9.15 Å². The zero-order chi connectivity index (χ0) is 18.9. The Morgan fingerprint density at radius 1 is 1.14 bits per heavy atom. The number of hydrogen-bond donors (Lipinski definition) is 0. The zero-order valence-electron chi connectivity index (χ0n) is 16.0. The van der Waals surface area contributed by atoms with Crippen LogP contribution < -0.4 is 4.74 Å². The van der Waals surface area contributed by atoms with E-state index in [1.165, 1.54) is 11.1 Å². The molecule has 0 bridgehead atoms. The lowest BCUT2D eigenvalue weighted by molar-refractivity contribution is 0.0876. The number of hydrogen-bond acceptors (Lipinski definition) is 7. The van der Waals surface area contributed by atoms with Crippen LogP contribution in [0.2, 0.25) is 0 Å². The summed E-state index contributed by atoms with van der Waals surface area (Å²) in [5.74, 6) is 2.38. The second kappa shape index (κ2) is 7.66. The number of benzene rings is 1. The predicted octanol–water partition coefficient (Wildman–Crippen LogP) is 3.61. The summed E-state index contributed by atoms with van der Waals surface area (Å²) in [7, 11) is 0. The molecule has 0 N–H and O–H groups in total. The lowest BCUT2D eigenvalue weighted by Crippen LogP contribution is -2.46. The topological polar surface area (TPSA) is 54.6 Å². The molecule has 2 aliphatic heterocycles. The number of nitrogens with zero attached hydrogens (tertiary/aromatic N) is 4. The molecule has 6 nitrogen and oxygen atoms in total. The van der Waals surface area contributed by atoms with Crippen molar-refractivity contribution in [2.24, 2.45) is 0 Å². The van der Waals surface area contributed by atoms with E-state index in [9.17, 15) is 0 Å². The van der Waals surface area contributed by atoms with Gasteiger partial charge in [-0.25, -0.2) is 0 Å². The van der Waals surface area contributed by atoms with Crippen LogP contribution >= 0.6 is 11.3 Å². The monoisotopic (exact) mass is 396 g/mol. The fraction of sp³-hybridized carbons (Fsp3) is 0.429. The van der Waals surface area contributed by atoms with E-state index in [-0.39, 0.29) is 6.04 Å². The standard InChI is InChI=1S/C21H24N4O2S/c1-15(20-22-23-21(27-20)19-3-2-12-28-19)25-9-7-24(8-10-25)14-16-4-5-18-17(13-16)6-11-26-18/h2-5,12-13,15H,6-11,14H2,1H3. The number of rotatable bonds is 5. The zero-order valence-corrected chi connectivity index (χ0v) is 16.8. The van der Waals surface area contributed by atoms with Crippen molar-refractivity contribution in [2.45, 2.75) is 25.9 Å². The summed E-state index contributed by atoms with van der Waals surface area (Å²) >= 11 is 1.62. The van der Waals surface area contributed by atoms with Gasteiger partial charge in [-0.2, -0.15) is 0 Å². The quantitative estimate of drug-likeness (QED) is 0.657. The highest BCUT2D eigenvalue weighted by molar-refractivity contribution is 7.13. The van der Waals surface area contributed by atoms with E-state index < -0.39 is 0 Å². The van der Waals surface area contributed by atoms with E-state index in [0.717, 1.165) is 56.4 Å². The average Bonchev–Trinajstić information content (AvgIpc) is 3.48. The molecule has 1 fully saturated rings. The van der Waals surface area contributed by atoms with E-state index >= 15 is 0 Å². The first-order chi connectivity index (χ1) is 13.8. The summed E-state index contributed by atoms with van der Waals surface area (Å²) in [6, 6.07) is 10.8. The smallest absolute Gasteiger partial charge is 0.257 e. The van der Waals surface area contributed by atoms with Gasteiger partial charge in [0.2, 0.25) is 5.89 Å². The fourth-order valence-corrected chi connectivity index (χ4v) is 4.61. The largest absolute Gasteiger partial charge is 0.493 e. The van der Waals surface area contributed by atoms with Gasteiger partial charge in [-0.15, -0.1) is 21.5 Å². The van der Waals surface area contributed by atoms with Gasteiger partial charge in [-0.3, -0.25) is 9.80 Å². The highest BCUT2D eigenvalue weighted by Gasteiger charge is 2.26. The van der Waals surface area contributed by atoms with E-state index in [2.05, 4.69) is 45.1 Å². The van der Waals surface area contributed by atoms with Crippen molar-refractivity contribution in [1.82, 2.24) is 20.0 Å². The van der Waals surface area contributed by atoms with Crippen molar-refractivity contribution >= 4 is 11.3 Å². The molecule has 146 valence electrons. The second-order valence-electron chi connectivity index (χ2n) is 7.45. The third-order valence-corrected chi connectivity index (χ3v) is 6.50. The van der Waals surface area contributed by atoms with E-state index in [0.29, 0.717) is 11.8 Å². The molecular formula is C21H24N4O2S. The Morgan fingerprint density at radius 2 is 2.04 bits per heavy atom. The summed E-state index contributed by atoms with van der Waals surface area (Å²) < 4.78 is 11.5. The Balaban J connectivity index is 1.18. The molecule has 0 spiro atoms. The van der Waals surface area contributed by atoms with Crippen LogP contribution in [0.3, 0.4) is 0 Å². The summed E-state index contributed by atoms with van der Waals surface area (Å²) in [5, 5.41) is 10.5. The Bertz CT molecular complexity index is 932. The Morgan fingerprint density at radius 3 is 2.86 bits per heavy atom. The van der Waals surface area contributed by atoms with Gasteiger partial charge in [-0.05, 0) is 35.6 Å². The third-order valence-electron chi connectivity index (χ3n) is 5.64. The van der Waals surface area contributed by atoms with Gasteiger partial charge >= 0.3 is 0 Å². The summed E-state index contributed by atoms with van der Waals surface area (Å²) in [6.45, 7) is 8.07. The maximum absolute atomic E-state index is 5.93. The van der Waals surface area contributed by atoms with Crippen molar-refractivity contribution in [2.75, 3.05) is 32.8 Å². The average molecular weight is 397 g/mol. The summed E-state index contributed by atoms with van der Waals surface area (Å²) in [4.78, 5) is 5.97. The molecule has 1 atom stereocenters. The van der Waals surface area contributed by atoms with Gasteiger partial charge in [0.1, 0.15) is 5.75 Å². The lowest BCUT2D eigenvalue weighted by atomic mass is 10.1. The van der Waals surface area contributed by atoms with Crippen molar-refractivity contribution in [3.8, 4) is 16.5 Å². The molecule has 0 saturated carbocycles. The molecule has 5 rings (SSSR count). The van der Waals surface area contributed by atoms with Crippen LogP contribution in [-0.4, -0.2) is 52.8 Å². The van der Waals surface area contributed by atoms with Gasteiger partial charge in [0.25, 0.3) is 5.89 Å². The fourth-order valence-electron chi connectivity index (χ4n) is 3.96. The van der Waals surface area contributed by atoms with Crippen LogP contribution in [0.25, 0.3) is 10.8 Å². The molecule has 1 unspecified atom stereocenters. The molecule has 28 heavy (non-hydrogen) atoms. The van der Waals surface area contributed by atoms with Crippen LogP contribution in [0.1, 0.15) is 30.0 Å². The first-order valence-electron chi connectivity index (χ1n) is 9.84. The first kappa shape index (κ1) is 17.8. The summed E-state index contributed by atoms with van der Waals surface area (Å²) in [6.07, 6.45) is 1.03. The van der Waals surface area contributed by atoms with Gasteiger partial charge in [0.15, 0.2) is 0 Å². The number of ether oxygens (including phenoxy) is 1. The molecule has 3 aromatic rings. The molecular weight excluding hydrogens is 372 g/mol. The Labute approximate surface area is 168 Å².